The molecule has 1 aliphatic carbocycles. The molecule has 1 aliphatic heterocycles. The lowest BCUT2D eigenvalue weighted by atomic mass is 10.2. The van der Waals surface area contributed by atoms with E-state index in [0.717, 1.165) is 25.6 Å². The first-order chi connectivity index (χ1) is 8.28. The Balaban J connectivity index is 1.76. The van der Waals surface area contributed by atoms with E-state index >= 15 is 0 Å². The summed E-state index contributed by atoms with van der Waals surface area (Å²) < 4.78 is 5.04. The van der Waals surface area contributed by atoms with E-state index in [9.17, 15) is 4.79 Å². The normalized spacial score (nSPS) is 24.2. The molecule has 0 spiro atoms. The lowest BCUT2D eigenvalue weighted by Crippen LogP contribution is -2.41. The van der Waals surface area contributed by atoms with E-state index in [1.54, 1.807) is 0 Å². The lowest BCUT2D eigenvalue weighted by molar-refractivity contribution is -0.144. The first-order valence-electron chi connectivity index (χ1n) is 6.89. The van der Waals surface area contributed by atoms with E-state index in [4.69, 9.17) is 4.74 Å². The fraction of sp³-hybridized carbons (Fsp3) is 0.923. The molecule has 2 fully saturated rings. The van der Waals surface area contributed by atoms with Gasteiger partial charge in [-0.15, -0.1) is 0 Å². The Morgan fingerprint density at radius 3 is 2.76 bits per heavy atom. The van der Waals surface area contributed by atoms with Crippen LogP contribution in [0.25, 0.3) is 0 Å². The molecule has 1 unspecified atom stereocenters. The number of ether oxygens (including phenoxy) is 1. The monoisotopic (exact) mass is 240 g/mol. The molecule has 1 saturated heterocycles. The van der Waals surface area contributed by atoms with Crippen molar-refractivity contribution < 1.29 is 9.53 Å². The molecule has 1 heterocycles. The largest absolute Gasteiger partial charge is 0.465 e. The third-order valence-corrected chi connectivity index (χ3v) is 3.51. The number of hydrogen-bond donors (Lipinski definition) is 1. The minimum Gasteiger partial charge on any atom is -0.465 e. The molecule has 0 aromatic carbocycles. The van der Waals surface area contributed by atoms with E-state index in [-0.39, 0.29) is 5.97 Å². The summed E-state index contributed by atoms with van der Waals surface area (Å²) in [5.74, 6) is 0.747. The molecule has 0 aromatic heterocycles. The zero-order chi connectivity index (χ0) is 12.1. The number of carbonyl (C=O) groups is 1. The van der Waals surface area contributed by atoms with Crippen LogP contribution < -0.4 is 5.32 Å². The van der Waals surface area contributed by atoms with Crippen LogP contribution >= 0.6 is 0 Å². The molecule has 98 valence electrons. The second-order valence-corrected chi connectivity index (χ2v) is 5.24. The van der Waals surface area contributed by atoms with Gasteiger partial charge in [0.2, 0.25) is 0 Å². The van der Waals surface area contributed by atoms with Crippen LogP contribution in [-0.4, -0.2) is 49.7 Å². The van der Waals surface area contributed by atoms with Crippen LogP contribution in [0.4, 0.5) is 0 Å². The molecule has 0 bridgehead atoms. The maximum Gasteiger partial charge on any atom is 0.320 e. The quantitative estimate of drug-likeness (QED) is 0.674. The lowest BCUT2D eigenvalue weighted by Gasteiger charge is -2.24. The van der Waals surface area contributed by atoms with E-state index in [0.29, 0.717) is 19.2 Å². The van der Waals surface area contributed by atoms with E-state index < -0.39 is 0 Å². The SMILES string of the molecule is CCOC(=O)CN(CC1CC1)CC1CCCN1. The fourth-order valence-corrected chi connectivity index (χ4v) is 2.48. The predicted octanol–water partition coefficient (Wildman–Crippen LogP) is 1.01. The Kier molecular flexibility index (Phi) is 4.80. The number of hydrogen-bond acceptors (Lipinski definition) is 4. The molecule has 4 heteroatoms. The van der Waals surface area contributed by atoms with Crippen LogP contribution in [0.15, 0.2) is 0 Å². The average Bonchev–Trinajstić information content (AvgIpc) is 2.93. The van der Waals surface area contributed by atoms with Crippen molar-refractivity contribution >= 4 is 5.97 Å². The smallest absolute Gasteiger partial charge is 0.320 e. The summed E-state index contributed by atoms with van der Waals surface area (Å²) >= 11 is 0. The maximum absolute atomic E-state index is 11.5. The number of carbonyl (C=O) groups excluding carboxylic acids is 1. The van der Waals surface area contributed by atoms with Gasteiger partial charge in [-0.05, 0) is 45.1 Å². The molecule has 1 atom stereocenters. The van der Waals surface area contributed by atoms with E-state index in [1.165, 1.54) is 25.7 Å². The zero-order valence-electron chi connectivity index (χ0n) is 10.8. The average molecular weight is 240 g/mol. The molecule has 2 rings (SSSR count). The molecular formula is C13H24N2O2. The van der Waals surface area contributed by atoms with Crippen LogP contribution in [0.3, 0.4) is 0 Å². The van der Waals surface area contributed by atoms with Crippen molar-refractivity contribution in [2.45, 2.75) is 38.6 Å². The molecule has 1 saturated carbocycles. The van der Waals surface area contributed by atoms with E-state index in [2.05, 4.69) is 10.2 Å². The summed E-state index contributed by atoms with van der Waals surface area (Å²) in [6, 6.07) is 0.572. The van der Waals surface area contributed by atoms with Gasteiger partial charge < -0.3 is 10.1 Å². The Morgan fingerprint density at radius 1 is 1.35 bits per heavy atom. The van der Waals surface area contributed by atoms with Gasteiger partial charge in [0.1, 0.15) is 0 Å². The van der Waals surface area contributed by atoms with Gasteiger partial charge in [0, 0.05) is 19.1 Å². The summed E-state index contributed by atoms with van der Waals surface area (Å²) in [4.78, 5) is 13.8. The van der Waals surface area contributed by atoms with Crippen molar-refractivity contribution in [2.75, 3.05) is 32.8 Å². The second kappa shape index (κ2) is 6.36. The Bertz CT molecular complexity index is 248. The molecule has 2 aliphatic rings. The van der Waals surface area contributed by atoms with Crippen LogP contribution in [0.5, 0.6) is 0 Å². The highest BCUT2D eigenvalue weighted by Crippen LogP contribution is 2.29. The van der Waals surface area contributed by atoms with Gasteiger partial charge in [0.05, 0.1) is 13.2 Å². The molecular weight excluding hydrogens is 216 g/mol. The van der Waals surface area contributed by atoms with Gasteiger partial charge in [0.25, 0.3) is 0 Å². The third-order valence-electron chi connectivity index (χ3n) is 3.51. The highest BCUT2D eigenvalue weighted by Gasteiger charge is 2.27. The molecule has 17 heavy (non-hydrogen) atoms. The van der Waals surface area contributed by atoms with Crippen LogP contribution in [0, 0.1) is 5.92 Å². The predicted molar refractivity (Wildman–Crippen MR) is 66.8 cm³/mol. The number of rotatable bonds is 7. The third kappa shape index (κ3) is 4.64. The molecule has 0 radical (unpaired) electrons. The van der Waals surface area contributed by atoms with Crippen molar-refractivity contribution in [1.82, 2.24) is 10.2 Å². The Hall–Kier alpha value is -0.610. The molecule has 1 N–H and O–H groups in total. The number of nitrogens with one attached hydrogen (secondary N) is 1. The molecule has 4 nitrogen and oxygen atoms in total. The van der Waals surface area contributed by atoms with Crippen molar-refractivity contribution in [1.29, 1.82) is 0 Å². The number of nitrogens with zero attached hydrogens (tertiary/aromatic N) is 1. The first-order valence-corrected chi connectivity index (χ1v) is 6.89. The van der Waals surface area contributed by atoms with Crippen molar-refractivity contribution in [3.8, 4) is 0 Å². The summed E-state index contributed by atoms with van der Waals surface area (Å²) in [6.07, 6.45) is 5.17. The first kappa shape index (κ1) is 12.8. The summed E-state index contributed by atoms with van der Waals surface area (Å²) in [5, 5.41) is 3.49. The highest BCUT2D eigenvalue weighted by atomic mass is 16.5. The minimum atomic E-state index is -0.0776. The number of esters is 1. The Morgan fingerprint density at radius 2 is 2.18 bits per heavy atom. The van der Waals surface area contributed by atoms with Gasteiger partial charge in [-0.2, -0.15) is 0 Å². The molecule has 0 aromatic rings. The molecule has 0 amide bonds. The van der Waals surface area contributed by atoms with Crippen molar-refractivity contribution in [3.63, 3.8) is 0 Å². The maximum atomic E-state index is 11.5. The van der Waals surface area contributed by atoms with Crippen LogP contribution in [-0.2, 0) is 9.53 Å². The second-order valence-electron chi connectivity index (χ2n) is 5.24. The van der Waals surface area contributed by atoms with Gasteiger partial charge in [-0.3, -0.25) is 9.69 Å². The van der Waals surface area contributed by atoms with Gasteiger partial charge in [0.15, 0.2) is 0 Å². The Labute approximate surface area is 104 Å². The summed E-state index contributed by atoms with van der Waals surface area (Å²) in [5.41, 5.74) is 0. The highest BCUT2D eigenvalue weighted by molar-refractivity contribution is 5.71. The minimum absolute atomic E-state index is 0.0776. The fourth-order valence-electron chi connectivity index (χ4n) is 2.48. The van der Waals surface area contributed by atoms with Crippen LogP contribution in [0.2, 0.25) is 0 Å². The van der Waals surface area contributed by atoms with Crippen molar-refractivity contribution in [3.05, 3.63) is 0 Å². The summed E-state index contributed by atoms with van der Waals surface area (Å²) in [7, 11) is 0. The van der Waals surface area contributed by atoms with E-state index in [1.807, 2.05) is 6.92 Å². The van der Waals surface area contributed by atoms with Gasteiger partial charge in [-0.25, -0.2) is 0 Å². The summed E-state index contributed by atoms with van der Waals surface area (Å²) in [6.45, 7) is 6.00. The van der Waals surface area contributed by atoms with Crippen LogP contribution in [0.1, 0.15) is 32.6 Å². The van der Waals surface area contributed by atoms with Gasteiger partial charge in [-0.1, -0.05) is 0 Å². The van der Waals surface area contributed by atoms with Crippen molar-refractivity contribution in [2.24, 2.45) is 5.92 Å². The zero-order valence-corrected chi connectivity index (χ0v) is 10.8. The topological polar surface area (TPSA) is 41.6 Å². The standard InChI is InChI=1S/C13H24N2O2/c1-2-17-13(16)10-15(8-11-5-6-11)9-12-4-3-7-14-12/h11-12,14H,2-10H2,1H3. The van der Waals surface area contributed by atoms with Gasteiger partial charge >= 0.3 is 5.97 Å².